The van der Waals surface area contributed by atoms with E-state index in [1.165, 1.54) is 51.4 Å². The van der Waals surface area contributed by atoms with Crippen LogP contribution in [0.3, 0.4) is 0 Å². The number of unbranched alkanes of at least 4 members (excludes halogenated alkanes) is 9. The van der Waals surface area contributed by atoms with E-state index in [0.717, 1.165) is 18.4 Å². The molecule has 0 amide bonds. The van der Waals surface area contributed by atoms with Crippen molar-refractivity contribution in [1.29, 1.82) is 0 Å². The molecule has 0 fully saturated rings. The van der Waals surface area contributed by atoms with Gasteiger partial charge in [0.25, 0.3) is 10.1 Å². The summed E-state index contributed by atoms with van der Waals surface area (Å²) in [5.74, 6) is 0. The highest BCUT2D eigenvalue weighted by molar-refractivity contribution is 7.86. The highest BCUT2D eigenvalue weighted by atomic mass is 32.2. The second kappa shape index (κ2) is 13.4. The van der Waals surface area contributed by atoms with E-state index in [1.54, 1.807) is 24.3 Å². The van der Waals surface area contributed by atoms with E-state index in [-0.39, 0.29) is 17.7 Å². The minimum atomic E-state index is -3.59. The Hall–Kier alpha value is -0.910. The van der Waals surface area contributed by atoms with Gasteiger partial charge in [0.15, 0.2) is 0 Å². The highest BCUT2D eigenvalue weighted by Crippen LogP contribution is 2.15. The quantitative estimate of drug-likeness (QED) is 0.358. The number of aryl methyl sites for hydroxylation is 1. The van der Waals surface area contributed by atoms with Crippen LogP contribution in [-0.2, 0) is 14.3 Å². The second-order valence-electron chi connectivity index (χ2n) is 6.27. The van der Waals surface area contributed by atoms with Gasteiger partial charge in [-0.25, -0.2) is 0 Å². The lowest BCUT2D eigenvalue weighted by Gasteiger charge is -2.06. The molecule has 24 heavy (non-hydrogen) atoms. The summed E-state index contributed by atoms with van der Waals surface area (Å²) in [6.45, 7) is 4.45. The van der Waals surface area contributed by atoms with Gasteiger partial charge in [-0.2, -0.15) is 8.42 Å². The van der Waals surface area contributed by atoms with Crippen LogP contribution in [0.15, 0.2) is 29.2 Å². The molecule has 0 aliphatic heterocycles. The average Bonchev–Trinajstić information content (AvgIpc) is 2.53. The molecular formula is C19H35NO3S. The third-order valence-corrected chi connectivity index (χ3v) is 5.37. The van der Waals surface area contributed by atoms with Crippen LogP contribution in [0.25, 0.3) is 0 Å². The Balaban J connectivity index is 0.00000529. The Morgan fingerprint density at radius 3 is 1.75 bits per heavy atom. The lowest BCUT2D eigenvalue weighted by molar-refractivity contribution is 0.306. The van der Waals surface area contributed by atoms with Crippen LogP contribution in [0.4, 0.5) is 0 Å². The first-order valence-corrected chi connectivity index (χ1v) is 10.4. The molecular weight excluding hydrogens is 322 g/mol. The third kappa shape index (κ3) is 10.1. The maximum absolute atomic E-state index is 12.0. The summed E-state index contributed by atoms with van der Waals surface area (Å²) in [6, 6.07) is 6.78. The largest absolute Gasteiger partial charge is 0.344 e. The first kappa shape index (κ1) is 23.1. The fourth-order valence-corrected chi connectivity index (χ4v) is 3.47. The number of rotatable bonds is 13. The first-order valence-electron chi connectivity index (χ1n) is 9.02. The van der Waals surface area contributed by atoms with E-state index >= 15 is 0 Å². The minimum Gasteiger partial charge on any atom is -0.344 e. The summed E-state index contributed by atoms with van der Waals surface area (Å²) in [5.41, 5.74) is 1.04. The Morgan fingerprint density at radius 1 is 0.792 bits per heavy atom. The van der Waals surface area contributed by atoms with Crippen molar-refractivity contribution in [2.24, 2.45) is 0 Å². The molecule has 1 aromatic carbocycles. The maximum Gasteiger partial charge on any atom is 0.296 e. The number of benzene rings is 1. The molecule has 0 heterocycles. The van der Waals surface area contributed by atoms with Gasteiger partial charge in [-0.05, 0) is 25.5 Å². The van der Waals surface area contributed by atoms with Gasteiger partial charge in [0.2, 0.25) is 0 Å². The fraction of sp³-hybridized carbons (Fsp3) is 0.684. The van der Waals surface area contributed by atoms with Crippen molar-refractivity contribution in [2.75, 3.05) is 6.61 Å². The predicted octanol–water partition coefficient (Wildman–Crippen LogP) is 5.78. The molecule has 0 aliphatic carbocycles. The molecule has 0 spiro atoms. The van der Waals surface area contributed by atoms with Gasteiger partial charge in [0.05, 0.1) is 11.5 Å². The monoisotopic (exact) mass is 357 g/mol. The first-order chi connectivity index (χ1) is 11.1. The fourth-order valence-electron chi connectivity index (χ4n) is 2.53. The molecule has 1 rings (SSSR count). The lowest BCUT2D eigenvalue weighted by Crippen LogP contribution is -2.07. The summed E-state index contributed by atoms with van der Waals surface area (Å²) < 4.78 is 29.1. The SMILES string of the molecule is CCCCCCCCCCCCOS(=O)(=O)c1ccc(C)cc1.N. The molecule has 0 bridgehead atoms. The number of hydrogen-bond donors (Lipinski definition) is 1. The van der Waals surface area contributed by atoms with Crippen molar-refractivity contribution in [2.45, 2.75) is 83.0 Å². The summed E-state index contributed by atoms with van der Waals surface area (Å²) in [7, 11) is -3.59. The van der Waals surface area contributed by atoms with Crippen LogP contribution >= 0.6 is 0 Å². The van der Waals surface area contributed by atoms with E-state index in [0.29, 0.717) is 0 Å². The molecule has 5 heteroatoms. The topological polar surface area (TPSA) is 78.4 Å². The molecule has 0 aromatic heterocycles. The zero-order chi connectivity index (χ0) is 17.0. The summed E-state index contributed by atoms with van der Waals surface area (Å²) in [6.07, 6.45) is 12.3. The third-order valence-electron chi connectivity index (χ3n) is 4.05. The van der Waals surface area contributed by atoms with Crippen LogP contribution in [0.2, 0.25) is 0 Å². The maximum atomic E-state index is 12.0. The molecule has 4 nitrogen and oxygen atoms in total. The summed E-state index contributed by atoms with van der Waals surface area (Å²) in [4.78, 5) is 0.246. The Bertz CT molecular complexity index is 512. The van der Waals surface area contributed by atoms with Crippen molar-refractivity contribution in [1.82, 2.24) is 6.15 Å². The van der Waals surface area contributed by atoms with Crippen LogP contribution in [0.1, 0.15) is 76.7 Å². The normalized spacial score (nSPS) is 11.2. The molecule has 0 unspecified atom stereocenters. The van der Waals surface area contributed by atoms with Gasteiger partial charge in [0, 0.05) is 0 Å². The lowest BCUT2D eigenvalue weighted by atomic mass is 10.1. The number of hydrogen-bond acceptors (Lipinski definition) is 4. The van der Waals surface area contributed by atoms with Crippen LogP contribution in [-0.4, -0.2) is 15.0 Å². The van der Waals surface area contributed by atoms with Gasteiger partial charge in [-0.1, -0.05) is 82.4 Å². The van der Waals surface area contributed by atoms with Crippen molar-refractivity contribution in [3.8, 4) is 0 Å². The second-order valence-corrected chi connectivity index (χ2v) is 7.89. The van der Waals surface area contributed by atoms with Gasteiger partial charge < -0.3 is 6.15 Å². The highest BCUT2D eigenvalue weighted by Gasteiger charge is 2.14. The van der Waals surface area contributed by atoms with Gasteiger partial charge in [0.1, 0.15) is 0 Å². The zero-order valence-corrected chi connectivity index (χ0v) is 16.2. The van der Waals surface area contributed by atoms with Crippen molar-refractivity contribution in [3.63, 3.8) is 0 Å². The molecule has 1 aromatic rings. The van der Waals surface area contributed by atoms with Crippen molar-refractivity contribution >= 4 is 10.1 Å². The minimum absolute atomic E-state index is 0. The molecule has 3 N–H and O–H groups in total. The van der Waals surface area contributed by atoms with Crippen LogP contribution < -0.4 is 6.15 Å². The Morgan fingerprint density at radius 2 is 1.25 bits per heavy atom. The van der Waals surface area contributed by atoms with Gasteiger partial charge in [-0.3, -0.25) is 4.18 Å². The molecule has 0 radical (unpaired) electrons. The summed E-state index contributed by atoms with van der Waals surface area (Å²) >= 11 is 0. The van der Waals surface area contributed by atoms with E-state index in [1.807, 2.05) is 6.92 Å². The Kier molecular flexibility index (Phi) is 12.9. The van der Waals surface area contributed by atoms with Crippen LogP contribution in [0, 0.1) is 6.92 Å². The molecule has 0 saturated heterocycles. The van der Waals surface area contributed by atoms with Crippen molar-refractivity contribution < 1.29 is 12.6 Å². The Labute approximate surface area is 148 Å². The zero-order valence-electron chi connectivity index (χ0n) is 15.4. The van der Waals surface area contributed by atoms with E-state index in [4.69, 9.17) is 4.18 Å². The van der Waals surface area contributed by atoms with E-state index < -0.39 is 10.1 Å². The van der Waals surface area contributed by atoms with Crippen LogP contribution in [0.5, 0.6) is 0 Å². The predicted molar refractivity (Wildman–Crippen MR) is 101 cm³/mol. The smallest absolute Gasteiger partial charge is 0.296 e. The molecule has 140 valence electrons. The molecule has 0 saturated carbocycles. The van der Waals surface area contributed by atoms with Gasteiger partial charge in [-0.15, -0.1) is 0 Å². The van der Waals surface area contributed by atoms with E-state index in [2.05, 4.69) is 6.92 Å². The molecule has 0 aliphatic rings. The van der Waals surface area contributed by atoms with Gasteiger partial charge >= 0.3 is 0 Å². The van der Waals surface area contributed by atoms with Crippen molar-refractivity contribution in [3.05, 3.63) is 29.8 Å². The average molecular weight is 358 g/mol. The summed E-state index contributed by atoms with van der Waals surface area (Å²) in [5, 5.41) is 0. The molecule has 0 atom stereocenters. The standard InChI is InChI=1S/C19H32O3S.H3N/c1-3-4-5-6-7-8-9-10-11-12-17-22-23(20,21)19-15-13-18(2)14-16-19;/h13-16H,3-12,17H2,1-2H3;1H3. The van der Waals surface area contributed by atoms with E-state index in [9.17, 15) is 8.42 Å².